The van der Waals surface area contributed by atoms with Gasteiger partial charge in [-0.25, -0.2) is 9.97 Å². The predicted molar refractivity (Wildman–Crippen MR) is 71.8 cm³/mol. The molecule has 0 aromatic carbocycles. The Kier molecular flexibility index (Phi) is 3.63. The number of sulfonamides is 1. The van der Waals surface area contributed by atoms with Gasteiger partial charge < -0.3 is 0 Å². The van der Waals surface area contributed by atoms with Gasteiger partial charge in [-0.3, -0.25) is 4.31 Å². The number of anilines is 1. The number of pyridine rings is 2. The van der Waals surface area contributed by atoms with E-state index in [9.17, 15) is 8.42 Å². The zero-order chi connectivity index (χ0) is 13.2. The molecule has 0 saturated carbocycles. The lowest BCUT2D eigenvalue weighted by molar-refractivity contribution is 0.590. The Labute approximate surface area is 114 Å². The summed E-state index contributed by atoms with van der Waals surface area (Å²) in [6.45, 7) is 0. The van der Waals surface area contributed by atoms with E-state index in [1.165, 1.54) is 25.5 Å². The molecule has 7 heteroatoms. The van der Waals surface area contributed by atoms with Crippen LogP contribution in [0.4, 0.5) is 5.82 Å². The third kappa shape index (κ3) is 2.51. The number of halogens is 1. The van der Waals surface area contributed by atoms with E-state index in [1.807, 2.05) is 0 Å². The Hall–Kier alpha value is -1.47. The highest BCUT2D eigenvalue weighted by molar-refractivity contribution is 9.10. The normalized spacial score (nSPS) is 11.2. The molecule has 0 N–H and O–H groups in total. The number of hydrogen-bond acceptors (Lipinski definition) is 4. The average molecular weight is 328 g/mol. The molecule has 0 spiro atoms. The van der Waals surface area contributed by atoms with Crippen molar-refractivity contribution >= 4 is 31.8 Å². The van der Waals surface area contributed by atoms with E-state index >= 15 is 0 Å². The van der Waals surface area contributed by atoms with E-state index in [4.69, 9.17) is 0 Å². The molecule has 0 aliphatic carbocycles. The van der Waals surface area contributed by atoms with Gasteiger partial charge in [-0.2, -0.15) is 8.42 Å². The van der Waals surface area contributed by atoms with Crippen molar-refractivity contribution in [2.24, 2.45) is 0 Å². The van der Waals surface area contributed by atoms with E-state index in [0.29, 0.717) is 5.82 Å². The zero-order valence-electron chi connectivity index (χ0n) is 9.49. The van der Waals surface area contributed by atoms with Crippen molar-refractivity contribution in [3.8, 4) is 0 Å². The predicted octanol–water partition coefficient (Wildman–Crippen LogP) is 2.06. The summed E-state index contributed by atoms with van der Waals surface area (Å²) in [4.78, 5) is 7.87. The molecule has 2 rings (SSSR count). The summed E-state index contributed by atoms with van der Waals surface area (Å²) in [6, 6.07) is 8.09. The van der Waals surface area contributed by atoms with Crippen molar-refractivity contribution in [2.75, 3.05) is 11.4 Å². The van der Waals surface area contributed by atoms with Gasteiger partial charge >= 0.3 is 0 Å². The number of rotatable bonds is 3. The molecule has 2 aromatic rings. The van der Waals surface area contributed by atoms with Crippen LogP contribution in [0.3, 0.4) is 0 Å². The first kappa shape index (κ1) is 13.0. The van der Waals surface area contributed by atoms with Crippen molar-refractivity contribution < 1.29 is 8.42 Å². The van der Waals surface area contributed by atoms with Crippen molar-refractivity contribution in [2.45, 2.75) is 5.03 Å². The molecule has 0 unspecified atom stereocenters. The van der Waals surface area contributed by atoms with Crippen LogP contribution in [0.2, 0.25) is 0 Å². The fraction of sp³-hybridized carbons (Fsp3) is 0.0909. The van der Waals surface area contributed by atoms with Crippen molar-refractivity contribution in [1.29, 1.82) is 0 Å². The highest BCUT2D eigenvalue weighted by atomic mass is 79.9. The Morgan fingerprint density at radius 2 is 1.94 bits per heavy atom. The van der Waals surface area contributed by atoms with Crippen LogP contribution in [0.1, 0.15) is 0 Å². The van der Waals surface area contributed by atoms with Gasteiger partial charge in [0.1, 0.15) is 5.82 Å². The van der Waals surface area contributed by atoms with Crippen molar-refractivity contribution in [3.63, 3.8) is 0 Å². The molecule has 5 nitrogen and oxygen atoms in total. The molecular weight excluding hydrogens is 318 g/mol. The highest BCUT2D eigenvalue weighted by Crippen LogP contribution is 2.21. The van der Waals surface area contributed by atoms with E-state index in [2.05, 4.69) is 25.9 Å². The molecule has 0 amide bonds. The van der Waals surface area contributed by atoms with Crippen LogP contribution in [0.25, 0.3) is 0 Å². The minimum absolute atomic E-state index is 0.00530. The molecule has 18 heavy (non-hydrogen) atoms. The van der Waals surface area contributed by atoms with Crippen molar-refractivity contribution in [3.05, 3.63) is 47.2 Å². The van der Waals surface area contributed by atoms with Crippen molar-refractivity contribution in [1.82, 2.24) is 9.97 Å². The van der Waals surface area contributed by atoms with Gasteiger partial charge in [0, 0.05) is 23.9 Å². The van der Waals surface area contributed by atoms with Crippen LogP contribution in [0, 0.1) is 0 Å². The van der Waals surface area contributed by atoms with Gasteiger partial charge in [-0.05, 0) is 24.3 Å². The molecule has 0 fully saturated rings. The summed E-state index contributed by atoms with van der Waals surface area (Å²) in [5, 5.41) is -0.00530. The minimum Gasteiger partial charge on any atom is -0.252 e. The van der Waals surface area contributed by atoms with E-state index < -0.39 is 10.0 Å². The average Bonchev–Trinajstić information content (AvgIpc) is 2.39. The Bertz CT molecular complexity index is 646. The summed E-state index contributed by atoms with van der Waals surface area (Å²) in [5.41, 5.74) is 0. The SMILES string of the molecule is CN(c1cc(Br)ccn1)S(=O)(=O)c1ccccn1. The second-order valence-electron chi connectivity index (χ2n) is 3.47. The molecule has 94 valence electrons. The molecule has 0 saturated heterocycles. The van der Waals surface area contributed by atoms with Gasteiger partial charge in [0.05, 0.1) is 0 Å². The first-order valence-corrected chi connectivity index (χ1v) is 7.26. The van der Waals surface area contributed by atoms with Gasteiger partial charge in [0.25, 0.3) is 10.0 Å². The highest BCUT2D eigenvalue weighted by Gasteiger charge is 2.23. The molecule has 0 aliphatic heterocycles. The van der Waals surface area contributed by atoms with E-state index in [0.717, 1.165) is 8.78 Å². The van der Waals surface area contributed by atoms with E-state index in [1.54, 1.807) is 24.3 Å². The second kappa shape index (κ2) is 5.03. The van der Waals surface area contributed by atoms with Gasteiger partial charge in [0.15, 0.2) is 5.03 Å². The maximum Gasteiger partial charge on any atom is 0.282 e. The first-order chi connectivity index (χ1) is 8.51. The minimum atomic E-state index is -3.67. The zero-order valence-corrected chi connectivity index (χ0v) is 11.9. The maximum atomic E-state index is 12.3. The smallest absolute Gasteiger partial charge is 0.252 e. The Morgan fingerprint density at radius 3 is 2.56 bits per heavy atom. The molecule has 0 atom stereocenters. The third-order valence-electron chi connectivity index (χ3n) is 2.29. The number of aromatic nitrogens is 2. The Morgan fingerprint density at radius 1 is 1.17 bits per heavy atom. The van der Waals surface area contributed by atoms with Gasteiger partial charge in [0.2, 0.25) is 0 Å². The summed E-state index contributed by atoms with van der Waals surface area (Å²) < 4.78 is 26.4. The van der Waals surface area contributed by atoms with E-state index in [-0.39, 0.29) is 5.03 Å². The van der Waals surface area contributed by atoms with Crippen LogP contribution in [-0.4, -0.2) is 25.4 Å². The summed E-state index contributed by atoms with van der Waals surface area (Å²) in [5.74, 6) is 0.329. The van der Waals surface area contributed by atoms with Crippen LogP contribution in [0.15, 0.2) is 52.2 Å². The molecule has 0 aliphatic rings. The van der Waals surface area contributed by atoms with Crippen LogP contribution >= 0.6 is 15.9 Å². The Balaban J connectivity index is 2.43. The second-order valence-corrected chi connectivity index (χ2v) is 6.30. The summed E-state index contributed by atoms with van der Waals surface area (Å²) in [6.07, 6.45) is 2.97. The summed E-state index contributed by atoms with van der Waals surface area (Å²) in [7, 11) is -2.23. The fourth-order valence-electron chi connectivity index (χ4n) is 1.33. The number of hydrogen-bond donors (Lipinski definition) is 0. The number of nitrogens with zero attached hydrogens (tertiary/aromatic N) is 3. The standard InChI is InChI=1S/C11H10BrN3O2S/c1-15(10-8-9(12)5-7-13-10)18(16,17)11-4-2-3-6-14-11/h2-8H,1H3. The lowest BCUT2D eigenvalue weighted by atomic mass is 10.5. The maximum absolute atomic E-state index is 12.3. The van der Waals surface area contributed by atoms with Gasteiger partial charge in [-0.15, -0.1) is 0 Å². The molecule has 0 radical (unpaired) electrons. The molecular formula is C11H10BrN3O2S. The molecule has 2 aromatic heterocycles. The lowest BCUT2D eigenvalue weighted by Crippen LogP contribution is -2.28. The van der Waals surface area contributed by atoms with Crippen LogP contribution in [-0.2, 0) is 10.0 Å². The topological polar surface area (TPSA) is 63.2 Å². The molecule has 2 heterocycles. The lowest BCUT2D eigenvalue weighted by Gasteiger charge is -2.17. The summed E-state index contributed by atoms with van der Waals surface area (Å²) >= 11 is 3.28. The third-order valence-corrected chi connectivity index (χ3v) is 4.46. The molecule has 0 bridgehead atoms. The fourth-order valence-corrected chi connectivity index (χ4v) is 2.72. The van der Waals surface area contributed by atoms with Crippen LogP contribution in [0.5, 0.6) is 0 Å². The monoisotopic (exact) mass is 327 g/mol. The first-order valence-electron chi connectivity index (χ1n) is 5.03. The van der Waals surface area contributed by atoms with Crippen LogP contribution < -0.4 is 4.31 Å². The quantitative estimate of drug-likeness (QED) is 0.865. The largest absolute Gasteiger partial charge is 0.282 e. The van der Waals surface area contributed by atoms with Gasteiger partial charge in [-0.1, -0.05) is 22.0 Å².